The summed E-state index contributed by atoms with van der Waals surface area (Å²) >= 11 is 0. The Labute approximate surface area is 108 Å². The van der Waals surface area contributed by atoms with Gasteiger partial charge in [-0.05, 0) is 6.20 Å². The van der Waals surface area contributed by atoms with Crippen LogP contribution in [0, 0.1) is 12.1 Å². The third-order valence-electron chi connectivity index (χ3n) is 1.42. The van der Waals surface area contributed by atoms with Crippen molar-refractivity contribution < 1.29 is 30.0 Å². The van der Waals surface area contributed by atoms with Crippen molar-refractivity contribution in [3.63, 3.8) is 0 Å². The van der Waals surface area contributed by atoms with E-state index in [1.165, 1.54) is 12.3 Å². The second-order valence-electron chi connectivity index (χ2n) is 2.51. The molecular weight excluding hydrogens is 382 g/mol. The summed E-state index contributed by atoms with van der Waals surface area (Å²) in [5.41, 5.74) is -0.0440. The molecule has 4 heteroatoms. The molecule has 1 heterocycles. The van der Waals surface area contributed by atoms with Crippen molar-refractivity contribution in [3.8, 4) is 0 Å². The molecule has 0 saturated heterocycles. The Bertz CT molecular complexity index is 366. The number of carbonyl (C=O) groups is 1. The van der Waals surface area contributed by atoms with Gasteiger partial charge < -0.3 is 9.90 Å². The second kappa shape index (κ2) is 8.77. The zero-order valence-electron chi connectivity index (χ0n) is 8.25. The maximum atomic E-state index is 10.1. The van der Waals surface area contributed by atoms with Crippen LogP contribution >= 0.6 is 0 Å². The molecule has 2 rings (SSSR count). The van der Waals surface area contributed by atoms with Crippen LogP contribution in [0.1, 0.15) is 10.5 Å². The van der Waals surface area contributed by atoms with Crippen molar-refractivity contribution in [2.24, 2.45) is 0 Å². The maximum Gasteiger partial charge on any atom is 0.247 e. The summed E-state index contributed by atoms with van der Waals surface area (Å²) < 4.78 is 0. The van der Waals surface area contributed by atoms with Crippen LogP contribution in [0.15, 0.2) is 48.7 Å². The SMILES string of the molecule is O=C(O)c1[c-]cccn1.[Ir].[c-]1ccccc1. The number of carboxylic acids is 1. The van der Waals surface area contributed by atoms with Gasteiger partial charge in [-0.2, -0.15) is 42.5 Å². The number of benzene rings is 1. The Morgan fingerprint density at radius 3 is 2.06 bits per heavy atom. The first-order valence-corrected chi connectivity index (χ1v) is 4.28. The average Bonchev–Trinajstić information content (AvgIpc) is 2.33. The molecule has 16 heavy (non-hydrogen) atoms. The monoisotopic (exact) mass is 392 g/mol. The van der Waals surface area contributed by atoms with E-state index in [9.17, 15) is 4.79 Å². The number of rotatable bonds is 1. The Kier molecular flexibility index (Phi) is 7.94. The van der Waals surface area contributed by atoms with E-state index < -0.39 is 5.97 Å². The van der Waals surface area contributed by atoms with Crippen molar-refractivity contribution in [2.45, 2.75) is 0 Å². The third kappa shape index (κ3) is 6.06. The predicted octanol–water partition coefficient (Wildman–Crippen LogP) is 2.06. The Balaban J connectivity index is 0.000000283. The minimum absolute atomic E-state index is 0. The van der Waals surface area contributed by atoms with Crippen LogP contribution in [0.4, 0.5) is 0 Å². The van der Waals surface area contributed by atoms with E-state index in [4.69, 9.17) is 5.11 Å². The van der Waals surface area contributed by atoms with Gasteiger partial charge in [0, 0.05) is 25.8 Å². The normalized spacial score (nSPS) is 8.00. The molecule has 0 saturated carbocycles. The summed E-state index contributed by atoms with van der Waals surface area (Å²) in [4.78, 5) is 13.6. The van der Waals surface area contributed by atoms with Gasteiger partial charge in [-0.15, -0.1) is 12.1 Å². The van der Waals surface area contributed by atoms with Crippen LogP contribution in [0.5, 0.6) is 0 Å². The van der Waals surface area contributed by atoms with Crippen molar-refractivity contribution in [1.29, 1.82) is 0 Å². The summed E-state index contributed by atoms with van der Waals surface area (Å²) in [6.45, 7) is 0. The molecule has 1 aromatic carbocycles. The van der Waals surface area contributed by atoms with Gasteiger partial charge in [-0.1, -0.05) is 0 Å². The number of hydrogen-bond donors (Lipinski definition) is 1. The summed E-state index contributed by atoms with van der Waals surface area (Å²) in [5.74, 6) is -1.05. The van der Waals surface area contributed by atoms with Crippen molar-refractivity contribution in [1.82, 2.24) is 4.98 Å². The Morgan fingerprint density at radius 1 is 1.12 bits per heavy atom. The zero-order valence-corrected chi connectivity index (χ0v) is 10.6. The van der Waals surface area contributed by atoms with Gasteiger partial charge in [0.05, 0.1) is 0 Å². The molecule has 0 spiro atoms. The van der Waals surface area contributed by atoms with E-state index in [1.54, 1.807) is 6.07 Å². The molecule has 0 aliphatic rings. The number of nitrogens with zero attached hydrogens (tertiary/aromatic N) is 1. The van der Waals surface area contributed by atoms with E-state index >= 15 is 0 Å². The van der Waals surface area contributed by atoms with E-state index in [2.05, 4.69) is 17.1 Å². The van der Waals surface area contributed by atoms with Gasteiger partial charge in [0.1, 0.15) is 0 Å². The van der Waals surface area contributed by atoms with Gasteiger partial charge in [-0.25, -0.2) is 0 Å². The minimum atomic E-state index is -1.05. The van der Waals surface area contributed by atoms with Crippen LogP contribution in [-0.4, -0.2) is 16.1 Å². The molecule has 0 aliphatic heterocycles. The van der Waals surface area contributed by atoms with Crippen LogP contribution in [0.2, 0.25) is 0 Å². The summed E-state index contributed by atoms with van der Waals surface area (Å²) in [7, 11) is 0. The number of aromatic carboxylic acids is 1. The fourth-order valence-electron chi connectivity index (χ4n) is 0.784. The van der Waals surface area contributed by atoms with E-state index in [0.717, 1.165) is 0 Å². The molecule has 0 atom stereocenters. The van der Waals surface area contributed by atoms with Gasteiger partial charge in [0.15, 0.2) is 0 Å². The fraction of sp³-hybridized carbons (Fsp3) is 0. The smallest absolute Gasteiger partial charge is 0.247 e. The summed E-state index contributed by atoms with van der Waals surface area (Å²) in [6.07, 6.45) is 1.42. The van der Waals surface area contributed by atoms with Crippen LogP contribution < -0.4 is 0 Å². The Hall–Kier alpha value is -1.51. The molecule has 1 radical (unpaired) electrons. The third-order valence-corrected chi connectivity index (χ3v) is 1.42. The first-order chi connectivity index (χ1) is 7.30. The van der Waals surface area contributed by atoms with E-state index in [0.29, 0.717) is 0 Å². The minimum Gasteiger partial charge on any atom is -0.533 e. The van der Waals surface area contributed by atoms with Crippen molar-refractivity contribution in [2.75, 3.05) is 0 Å². The summed E-state index contributed by atoms with van der Waals surface area (Å²) in [5, 5.41) is 8.29. The zero-order chi connectivity index (χ0) is 10.9. The maximum absolute atomic E-state index is 10.1. The Morgan fingerprint density at radius 2 is 1.81 bits per heavy atom. The molecule has 0 aliphatic carbocycles. The van der Waals surface area contributed by atoms with Gasteiger partial charge in [-0.3, -0.25) is 4.98 Å². The first kappa shape index (κ1) is 14.5. The fourth-order valence-corrected chi connectivity index (χ4v) is 0.784. The average molecular weight is 391 g/mol. The summed E-state index contributed by atoms with van der Waals surface area (Å²) in [6, 6.07) is 18.1. The van der Waals surface area contributed by atoms with Crippen LogP contribution in [0.25, 0.3) is 0 Å². The molecule has 0 fully saturated rings. The number of hydrogen-bond acceptors (Lipinski definition) is 2. The topological polar surface area (TPSA) is 50.2 Å². The molecule has 1 N–H and O–H groups in total. The first-order valence-electron chi connectivity index (χ1n) is 4.28. The van der Waals surface area contributed by atoms with Crippen molar-refractivity contribution in [3.05, 3.63) is 66.5 Å². The van der Waals surface area contributed by atoms with Gasteiger partial charge in [0.2, 0.25) is 5.97 Å². The second-order valence-corrected chi connectivity index (χ2v) is 2.51. The van der Waals surface area contributed by atoms with Crippen LogP contribution in [-0.2, 0) is 20.1 Å². The largest absolute Gasteiger partial charge is 0.533 e. The quantitative estimate of drug-likeness (QED) is 0.758. The van der Waals surface area contributed by atoms with Crippen molar-refractivity contribution >= 4 is 5.97 Å². The molecule has 2 aromatic rings. The standard InChI is InChI=1S/C6H4NO2.C6H5.Ir/c8-6(9)5-3-1-2-4-7-5;1-2-4-6-5-3-1;/h1-2,4H,(H,8,9);1-5H;/q2*-1;. The number of pyridine rings is 1. The van der Waals surface area contributed by atoms with Gasteiger partial charge in [0.25, 0.3) is 0 Å². The molecule has 1 aromatic heterocycles. The van der Waals surface area contributed by atoms with E-state index in [-0.39, 0.29) is 25.8 Å². The molecule has 85 valence electrons. The molecular formula is C12H9IrNO2-2. The van der Waals surface area contributed by atoms with Gasteiger partial charge >= 0.3 is 0 Å². The number of aromatic nitrogens is 1. The molecule has 0 amide bonds. The van der Waals surface area contributed by atoms with Crippen LogP contribution in [0.3, 0.4) is 0 Å². The molecule has 0 bridgehead atoms. The molecule has 3 nitrogen and oxygen atoms in total. The predicted molar refractivity (Wildman–Crippen MR) is 55.3 cm³/mol. The number of carboxylic acid groups (broad SMARTS) is 1. The van der Waals surface area contributed by atoms with E-state index in [1.807, 2.05) is 30.3 Å². The molecule has 0 unspecified atom stereocenters.